The molecule has 1 N–H and O–H groups in total. The Morgan fingerprint density at radius 2 is 2.10 bits per heavy atom. The zero-order valence-corrected chi connectivity index (χ0v) is 14.7. The molecule has 4 heteroatoms. The van der Waals surface area contributed by atoms with Crippen LogP contribution in [0, 0.1) is 5.92 Å². The van der Waals surface area contributed by atoms with E-state index in [1.807, 2.05) is 0 Å². The summed E-state index contributed by atoms with van der Waals surface area (Å²) < 4.78 is 6.32. The van der Waals surface area contributed by atoms with Crippen molar-refractivity contribution in [3.63, 3.8) is 0 Å². The highest BCUT2D eigenvalue weighted by molar-refractivity contribution is 9.10. The van der Waals surface area contributed by atoms with Crippen LogP contribution < -0.4 is 10.2 Å². The van der Waals surface area contributed by atoms with Crippen LogP contribution in [0.3, 0.4) is 0 Å². The Morgan fingerprint density at radius 1 is 1.35 bits per heavy atom. The van der Waals surface area contributed by atoms with Gasteiger partial charge in [-0.25, -0.2) is 0 Å². The molecule has 0 aromatic heterocycles. The fraction of sp³-hybridized carbons (Fsp3) is 0.625. The minimum absolute atomic E-state index is 0.683. The molecule has 0 spiro atoms. The molecule has 1 aromatic rings. The molecule has 0 aliphatic heterocycles. The molecule has 114 valence electrons. The summed E-state index contributed by atoms with van der Waals surface area (Å²) in [6.45, 7) is 11.2. The Kier molecular flexibility index (Phi) is 8.19. The van der Waals surface area contributed by atoms with Crippen LogP contribution in [0.4, 0.5) is 5.69 Å². The Morgan fingerprint density at radius 3 is 2.65 bits per heavy atom. The van der Waals surface area contributed by atoms with Gasteiger partial charge in [-0.05, 0) is 53.0 Å². The van der Waals surface area contributed by atoms with Crippen molar-refractivity contribution in [2.24, 2.45) is 5.92 Å². The van der Waals surface area contributed by atoms with Crippen molar-refractivity contribution in [3.05, 3.63) is 28.2 Å². The summed E-state index contributed by atoms with van der Waals surface area (Å²) in [7, 11) is 1.74. The number of benzene rings is 1. The summed E-state index contributed by atoms with van der Waals surface area (Å²) in [5.74, 6) is 0.683. The number of rotatable bonds is 9. The molecule has 0 aliphatic rings. The van der Waals surface area contributed by atoms with Crippen molar-refractivity contribution in [3.8, 4) is 0 Å². The summed E-state index contributed by atoms with van der Waals surface area (Å²) in [5.41, 5.74) is 2.54. The lowest BCUT2D eigenvalue weighted by Crippen LogP contribution is -2.27. The van der Waals surface area contributed by atoms with Gasteiger partial charge in [0.05, 0.1) is 12.3 Å². The van der Waals surface area contributed by atoms with Crippen molar-refractivity contribution >= 4 is 21.6 Å². The van der Waals surface area contributed by atoms with E-state index >= 15 is 0 Å². The van der Waals surface area contributed by atoms with Crippen molar-refractivity contribution in [2.75, 3.05) is 38.3 Å². The first-order chi connectivity index (χ1) is 9.58. The maximum absolute atomic E-state index is 5.17. The summed E-state index contributed by atoms with van der Waals surface area (Å²) in [6, 6.07) is 6.59. The van der Waals surface area contributed by atoms with Gasteiger partial charge in [0.2, 0.25) is 0 Å². The quantitative estimate of drug-likeness (QED) is 0.740. The number of ether oxygens (including phenoxy) is 1. The molecule has 0 bridgehead atoms. The van der Waals surface area contributed by atoms with E-state index in [9.17, 15) is 0 Å². The summed E-state index contributed by atoms with van der Waals surface area (Å²) >= 11 is 3.69. The van der Waals surface area contributed by atoms with Crippen LogP contribution in [0.2, 0.25) is 0 Å². The monoisotopic (exact) mass is 342 g/mol. The lowest BCUT2D eigenvalue weighted by Gasteiger charge is -2.24. The Balaban J connectivity index is 2.66. The molecule has 1 aromatic carbocycles. The van der Waals surface area contributed by atoms with E-state index in [4.69, 9.17) is 4.74 Å². The molecule has 0 radical (unpaired) electrons. The van der Waals surface area contributed by atoms with Crippen LogP contribution in [0.25, 0.3) is 0 Å². The fourth-order valence-corrected chi connectivity index (χ4v) is 2.75. The van der Waals surface area contributed by atoms with Gasteiger partial charge in [-0.3, -0.25) is 0 Å². The van der Waals surface area contributed by atoms with Gasteiger partial charge in [0.1, 0.15) is 0 Å². The van der Waals surface area contributed by atoms with Crippen LogP contribution in [0.15, 0.2) is 22.7 Å². The molecule has 20 heavy (non-hydrogen) atoms. The molecule has 0 heterocycles. The minimum atomic E-state index is 0.683. The Hall–Kier alpha value is -0.580. The average molecular weight is 343 g/mol. The smallest absolute Gasteiger partial charge is 0.0637 e. The number of likely N-dealkylation sites (N-methyl/N-ethyl adjacent to an activating group) is 1. The SMILES string of the molecule is CCN(CCOC)c1ccc(CNCC(C)C)cc1Br. The van der Waals surface area contributed by atoms with E-state index in [0.29, 0.717) is 5.92 Å². The van der Waals surface area contributed by atoms with Gasteiger partial charge in [0.25, 0.3) is 0 Å². The first kappa shape index (κ1) is 17.5. The van der Waals surface area contributed by atoms with Crippen molar-refractivity contribution in [1.29, 1.82) is 0 Å². The van der Waals surface area contributed by atoms with E-state index in [0.717, 1.165) is 37.3 Å². The Labute approximate surface area is 131 Å². The van der Waals surface area contributed by atoms with E-state index in [-0.39, 0.29) is 0 Å². The van der Waals surface area contributed by atoms with Gasteiger partial charge in [0.15, 0.2) is 0 Å². The summed E-state index contributed by atoms with van der Waals surface area (Å²) in [4.78, 5) is 2.32. The minimum Gasteiger partial charge on any atom is -0.383 e. The van der Waals surface area contributed by atoms with Gasteiger partial charge in [-0.2, -0.15) is 0 Å². The number of halogens is 1. The first-order valence-electron chi connectivity index (χ1n) is 7.31. The molecule has 1 rings (SSSR count). The number of hydrogen-bond acceptors (Lipinski definition) is 3. The van der Waals surface area contributed by atoms with Gasteiger partial charge in [0, 0.05) is 31.2 Å². The maximum atomic E-state index is 5.17. The summed E-state index contributed by atoms with van der Waals surface area (Å²) in [5, 5.41) is 3.47. The van der Waals surface area contributed by atoms with E-state index < -0.39 is 0 Å². The van der Waals surface area contributed by atoms with Crippen molar-refractivity contribution in [1.82, 2.24) is 5.32 Å². The van der Waals surface area contributed by atoms with Gasteiger partial charge in [-0.15, -0.1) is 0 Å². The number of nitrogens with zero attached hydrogens (tertiary/aromatic N) is 1. The topological polar surface area (TPSA) is 24.5 Å². The lowest BCUT2D eigenvalue weighted by molar-refractivity contribution is 0.205. The number of methoxy groups -OCH3 is 1. The van der Waals surface area contributed by atoms with Crippen LogP contribution in [-0.4, -0.2) is 33.4 Å². The van der Waals surface area contributed by atoms with E-state index in [2.05, 4.69) is 65.1 Å². The van der Waals surface area contributed by atoms with Crippen molar-refractivity contribution in [2.45, 2.75) is 27.3 Å². The standard InChI is InChI=1S/C16H27BrN2O/c1-5-19(8-9-20-4)16-7-6-14(10-15(16)17)12-18-11-13(2)3/h6-7,10,13,18H,5,8-9,11-12H2,1-4H3. The molecular weight excluding hydrogens is 316 g/mol. The predicted octanol–water partition coefficient (Wildman–Crippen LogP) is 3.67. The highest BCUT2D eigenvalue weighted by Gasteiger charge is 2.09. The zero-order valence-electron chi connectivity index (χ0n) is 13.1. The maximum Gasteiger partial charge on any atom is 0.0637 e. The van der Waals surface area contributed by atoms with E-state index in [1.54, 1.807) is 7.11 Å². The molecule has 0 amide bonds. The highest BCUT2D eigenvalue weighted by atomic mass is 79.9. The average Bonchev–Trinajstić information content (AvgIpc) is 2.41. The molecular formula is C16H27BrN2O. The molecule has 0 saturated heterocycles. The summed E-state index contributed by atoms with van der Waals surface area (Å²) in [6.07, 6.45) is 0. The number of hydrogen-bond donors (Lipinski definition) is 1. The van der Waals surface area contributed by atoms with Gasteiger partial charge in [-0.1, -0.05) is 19.9 Å². The second-order valence-electron chi connectivity index (χ2n) is 5.38. The van der Waals surface area contributed by atoms with Crippen LogP contribution in [-0.2, 0) is 11.3 Å². The predicted molar refractivity (Wildman–Crippen MR) is 90.4 cm³/mol. The van der Waals surface area contributed by atoms with Crippen LogP contribution in [0.1, 0.15) is 26.3 Å². The number of anilines is 1. The second kappa shape index (κ2) is 9.37. The highest BCUT2D eigenvalue weighted by Crippen LogP contribution is 2.27. The Bertz CT molecular complexity index is 396. The molecule has 0 aliphatic carbocycles. The lowest BCUT2D eigenvalue weighted by atomic mass is 10.1. The number of nitrogens with one attached hydrogen (secondary N) is 1. The second-order valence-corrected chi connectivity index (χ2v) is 6.24. The molecule has 0 unspecified atom stereocenters. The fourth-order valence-electron chi connectivity index (χ4n) is 2.07. The molecule has 3 nitrogen and oxygen atoms in total. The largest absolute Gasteiger partial charge is 0.383 e. The normalized spacial score (nSPS) is 11.1. The molecule has 0 atom stereocenters. The molecule has 0 saturated carbocycles. The molecule has 0 fully saturated rings. The first-order valence-corrected chi connectivity index (χ1v) is 8.10. The third-order valence-electron chi connectivity index (χ3n) is 3.18. The van der Waals surface area contributed by atoms with Crippen molar-refractivity contribution < 1.29 is 4.74 Å². The van der Waals surface area contributed by atoms with Crippen LogP contribution >= 0.6 is 15.9 Å². The van der Waals surface area contributed by atoms with E-state index in [1.165, 1.54) is 11.3 Å². The van der Waals surface area contributed by atoms with Gasteiger partial charge >= 0.3 is 0 Å². The zero-order chi connectivity index (χ0) is 15.0. The van der Waals surface area contributed by atoms with Crippen LogP contribution in [0.5, 0.6) is 0 Å². The van der Waals surface area contributed by atoms with Gasteiger partial charge < -0.3 is 15.0 Å². The third kappa shape index (κ3) is 5.81. The third-order valence-corrected chi connectivity index (χ3v) is 3.82.